The summed E-state index contributed by atoms with van der Waals surface area (Å²) in [6.07, 6.45) is 1.76. The molecule has 0 unspecified atom stereocenters. The van der Waals surface area contributed by atoms with Crippen LogP contribution in [0.15, 0.2) is 46.5 Å². The van der Waals surface area contributed by atoms with Gasteiger partial charge in [-0.15, -0.1) is 0 Å². The van der Waals surface area contributed by atoms with Gasteiger partial charge >= 0.3 is 5.69 Å². The first-order chi connectivity index (χ1) is 10.5. The lowest BCUT2D eigenvalue weighted by Gasteiger charge is -2.07. The molecule has 0 fully saturated rings. The molecular formula is C17H17N3OS. The molecule has 0 saturated heterocycles. The van der Waals surface area contributed by atoms with Gasteiger partial charge in [-0.05, 0) is 43.5 Å². The van der Waals surface area contributed by atoms with Gasteiger partial charge in [0.05, 0.1) is 0 Å². The lowest BCUT2D eigenvalue weighted by molar-refractivity contribution is 0.843. The maximum Gasteiger partial charge on any atom is 0.355 e. The van der Waals surface area contributed by atoms with Gasteiger partial charge in [0.1, 0.15) is 5.65 Å². The van der Waals surface area contributed by atoms with Crippen LogP contribution in [0.1, 0.15) is 22.3 Å². The first kappa shape index (κ1) is 14.8. The van der Waals surface area contributed by atoms with Crippen molar-refractivity contribution in [2.24, 2.45) is 0 Å². The molecule has 0 saturated carbocycles. The molecule has 0 N–H and O–H groups in total. The van der Waals surface area contributed by atoms with Crippen molar-refractivity contribution >= 4 is 17.4 Å². The number of rotatable bonds is 3. The van der Waals surface area contributed by atoms with Crippen LogP contribution in [0, 0.1) is 20.8 Å². The molecule has 4 nitrogen and oxygen atoms in total. The Morgan fingerprint density at radius 1 is 1.05 bits per heavy atom. The van der Waals surface area contributed by atoms with E-state index < -0.39 is 0 Å². The van der Waals surface area contributed by atoms with Gasteiger partial charge in [-0.25, -0.2) is 9.78 Å². The Balaban J connectivity index is 1.90. The predicted octanol–water partition coefficient (Wildman–Crippen LogP) is 3.31. The van der Waals surface area contributed by atoms with E-state index in [9.17, 15) is 4.79 Å². The minimum absolute atomic E-state index is 0.280. The summed E-state index contributed by atoms with van der Waals surface area (Å²) in [6, 6.07) is 10.2. The van der Waals surface area contributed by atoms with Crippen LogP contribution in [0.5, 0.6) is 0 Å². The van der Waals surface area contributed by atoms with E-state index in [0.29, 0.717) is 10.8 Å². The van der Waals surface area contributed by atoms with Crippen molar-refractivity contribution in [3.05, 3.63) is 69.3 Å². The highest BCUT2D eigenvalue weighted by atomic mass is 32.2. The van der Waals surface area contributed by atoms with Gasteiger partial charge in [-0.3, -0.25) is 4.40 Å². The molecule has 2 aromatic heterocycles. The van der Waals surface area contributed by atoms with Gasteiger partial charge in [-0.1, -0.05) is 41.6 Å². The zero-order valence-corrected chi connectivity index (χ0v) is 13.6. The topological polar surface area (TPSA) is 47.3 Å². The first-order valence-electron chi connectivity index (χ1n) is 7.09. The fourth-order valence-electron chi connectivity index (χ4n) is 2.26. The second-order valence-corrected chi connectivity index (χ2v) is 6.38. The molecule has 22 heavy (non-hydrogen) atoms. The largest absolute Gasteiger partial charge is 0.355 e. The van der Waals surface area contributed by atoms with Gasteiger partial charge in [0.2, 0.25) is 0 Å². The minimum Gasteiger partial charge on any atom is -0.251 e. The molecule has 0 amide bonds. The lowest BCUT2D eigenvalue weighted by atomic mass is 10.1. The smallest absolute Gasteiger partial charge is 0.251 e. The molecule has 0 atom stereocenters. The number of benzene rings is 1. The van der Waals surface area contributed by atoms with Crippen molar-refractivity contribution in [1.82, 2.24) is 14.4 Å². The molecule has 5 heteroatoms. The molecule has 1 aromatic carbocycles. The van der Waals surface area contributed by atoms with Crippen molar-refractivity contribution < 1.29 is 0 Å². The Morgan fingerprint density at radius 3 is 2.64 bits per heavy atom. The first-order valence-corrected chi connectivity index (χ1v) is 8.07. The normalized spacial score (nSPS) is 11.0. The summed E-state index contributed by atoms with van der Waals surface area (Å²) >= 11 is 1.49. The van der Waals surface area contributed by atoms with Crippen LogP contribution in [0.25, 0.3) is 5.65 Å². The summed E-state index contributed by atoms with van der Waals surface area (Å²) in [4.78, 5) is 20.6. The predicted molar refractivity (Wildman–Crippen MR) is 89.5 cm³/mol. The van der Waals surface area contributed by atoms with Crippen LogP contribution < -0.4 is 5.69 Å². The average Bonchev–Trinajstić information content (AvgIpc) is 2.49. The highest BCUT2D eigenvalue weighted by molar-refractivity contribution is 7.98. The van der Waals surface area contributed by atoms with Crippen LogP contribution in [-0.2, 0) is 5.75 Å². The van der Waals surface area contributed by atoms with Crippen LogP contribution in [-0.4, -0.2) is 14.4 Å². The number of aryl methyl sites for hydroxylation is 3. The summed E-state index contributed by atoms with van der Waals surface area (Å²) in [6.45, 7) is 6.11. The maximum absolute atomic E-state index is 12.1. The molecule has 0 aliphatic heterocycles. The Bertz CT molecular complexity index is 902. The summed E-state index contributed by atoms with van der Waals surface area (Å²) in [5.41, 5.74) is 5.08. The Kier molecular flexibility index (Phi) is 3.98. The average molecular weight is 311 g/mol. The third-order valence-electron chi connectivity index (χ3n) is 3.54. The number of pyridine rings is 1. The Hall–Kier alpha value is -2.14. The monoisotopic (exact) mass is 311 g/mol. The van der Waals surface area contributed by atoms with E-state index in [-0.39, 0.29) is 5.69 Å². The fourth-order valence-corrected chi connectivity index (χ4v) is 3.16. The molecule has 0 spiro atoms. The molecule has 0 radical (unpaired) electrons. The lowest BCUT2D eigenvalue weighted by Crippen LogP contribution is -2.19. The molecular weight excluding hydrogens is 294 g/mol. The van der Waals surface area contributed by atoms with E-state index in [0.717, 1.165) is 11.3 Å². The zero-order chi connectivity index (χ0) is 15.7. The SMILES string of the molecule is Cc1ccc(C)c(CSc2nc(=O)n3cc(C)ccc3n2)c1. The molecule has 2 heterocycles. The highest BCUT2D eigenvalue weighted by Gasteiger charge is 2.06. The zero-order valence-electron chi connectivity index (χ0n) is 12.8. The van der Waals surface area contributed by atoms with E-state index in [1.165, 1.54) is 32.9 Å². The summed E-state index contributed by atoms with van der Waals surface area (Å²) < 4.78 is 1.48. The number of hydrogen-bond donors (Lipinski definition) is 0. The van der Waals surface area contributed by atoms with Gasteiger partial charge in [0, 0.05) is 11.9 Å². The van der Waals surface area contributed by atoms with E-state index in [4.69, 9.17) is 0 Å². The molecule has 0 aliphatic carbocycles. The fraction of sp³-hybridized carbons (Fsp3) is 0.235. The van der Waals surface area contributed by atoms with Crippen LogP contribution in [0.3, 0.4) is 0 Å². The van der Waals surface area contributed by atoms with Crippen LogP contribution >= 0.6 is 11.8 Å². The quantitative estimate of drug-likeness (QED) is 0.696. The van der Waals surface area contributed by atoms with E-state index in [2.05, 4.69) is 42.0 Å². The number of aromatic nitrogens is 3. The second kappa shape index (κ2) is 5.93. The van der Waals surface area contributed by atoms with Crippen LogP contribution in [0.2, 0.25) is 0 Å². The van der Waals surface area contributed by atoms with Gasteiger partial charge in [-0.2, -0.15) is 4.98 Å². The van der Waals surface area contributed by atoms with E-state index >= 15 is 0 Å². The highest BCUT2D eigenvalue weighted by Crippen LogP contribution is 2.22. The molecule has 3 rings (SSSR count). The second-order valence-electron chi connectivity index (χ2n) is 5.44. The molecule has 112 valence electrons. The van der Waals surface area contributed by atoms with Crippen molar-refractivity contribution in [2.45, 2.75) is 31.7 Å². The van der Waals surface area contributed by atoms with Crippen molar-refractivity contribution in [2.75, 3.05) is 0 Å². The Morgan fingerprint density at radius 2 is 1.82 bits per heavy atom. The summed E-state index contributed by atoms with van der Waals surface area (Å²) in [7, 11) is 0. The van der Waals surface area contributed by atoms with Gasteiger partial charge in [0.15, 0.2) is 5.16 Å². The van der Waals surface area contributed by atoms with Crippen molar-refractivity contribution in [1.29, 1.82) is 0 Å². The van der Waals surface area contributed by atoms with Crippen molar-refractivity contribution in [3.8, 4) is 0 Å². The third kappa shape index (κ3) is 3.04. The van der Waals surface area contributed by atoms with E-state index in [1.54, 1.807) is 6.20 Å². The number of fused-ring (bicyclic) bond motifs is 1. The van der Waals surface area contributed by atoms with Gasteiger partial charge < -0.3 is 0 Å². The van der Waals surface area contributed by atoms with E-state index in [1.807, 2.05) is 19.1 Å². The Labute approximate surface area is 133 Å². The summed E-state index contributed by atoms with van der Waals surface area (Å²) in [5.74, 6) is 0.759. The minimum atomic E-state index is -0.280. The van der Waals surface area contributed by atoms with Crippen molar-refractivity contribution in [3.63, 3.8) is 0 Å². The third-order valence-corrected chi connectivity index (χ3v) is 4.44. The maximum atomic E-state index is 12.1. The number of thioether (sulfide) groups is 1. The summed E-state index contributed by atoms with van der Waals surface area (Å²) in [5, 5.41) is 0.523. The molecule has 0 bridgehead atoms. The van der Waals surface area contributed by atoms with Crippen LogP contribution in [0.4, 0.5) is 0 Å². The molecule has 0 aliphatic rings. The standard InChI is InChI=1S/C17H17N3OS/c1-11-4-6-13(3)14(8-11)10-22-16-18-15-7-5-12(2)9-20(15)17(21)19-16/h4-9H,10H2,1-3H3. The number of hydrogen-bond acceptors (Lipinski definition) is 4. The number of nitrogens with zero attached hydrogens (tertiary/aromatic N) is 3. The molecule has 3 aromatic rings. The van der Waals surface area contributed by atoms with Gasteiger partial charge in [0.25, 0.3) is 0 Å².